The minimum Gasteiger partial charge on any atom is -0.465 e. The van der Waals surface area contributed by atoms with Gasteiger partial charge in [0.2, 0.25) is 10.0 Å². The van der Waals surface area contributed by atoms with Crippen molar-refractivity contribution in [2.75, 3.05) is 20.2 Å². The molecule has 0 N–H and O–H groups in total. The van der Waals surface area contributed by atoms with Crippen molar-refractivity contribution in [1.82, 2.24) is 14.3 Å². The molecule has 3 heterocycles. The molecule has 0 aromatic carbocycles. The van der Waals surface area contributed by atoms with Crippen LogP contribution in [0, 0.1) is 0 Å². The molecule has 140 valence electrons. The fourth-order valence-corrected chi connectivity index (χ4v) is 5.63. The van der Waals surface area contributed by atoms with Crippen molar-refractivity contribution in [2.45, 2.75) is 23.8 Å². The molecule has 2 aromatic heterocycles. The molecule has 1 atom stereocenters. The Morgan fingerprint density at radius 1 is 1.38 bits per heavy atom. The number of carbonyl (C=O) groups excluding carboxylic acids is 1. The molecule has 26 heavy (non-hydrogen) atoms. The van der Waals surface area contributed by atoms with Crippen LogP contribution < -0.4 is 4.74 Å². The first-order chi connectivity index (χ1) is 12.4. The third kappa shape index (κ3) is 4.05. The number of sulfonamides is 1. The Hall–Kier alpha value is -1.56. The van der Waals surface area contributed by atoms with E-state index in [0.29, 0.717) is 19.4 Å². The van der Waals surface area contributed by atoms with Gasteiger partial charge in [-0.2, -0.15) is 4.31 Å². The average Bonchev–Trinajstić information content (AvgIpc) is 3.14. The average molecular weight is 462 g/mol. The first-order valence-corrected chi connectivity index (χ1v) is 10.8. The first kappa shape index (κ1) is 19.2. The minimum absolute atomic E-state index is 0.0325. The standard InChI is InChI=1S/C15H16BrN3O5S2/c1-23-14(20)13-12(4-6-25-13)26(21,22)19-5-2-3-11(9-19)24-15-17-7-10(16)8-18-15/h4,6-8,11H,2-3,5,9H2,1H3. The lowest BCUT2D eigenvalue weighted by molar-refractivity contribution is 0.0602. The van der Waals surface area contributed by atoms with E-state index in [0.717, 1.165) is 15.8 Å². The molecule has 0 amide bonds. The van der Waals surface area contributed by atoms with Crippen LogP contribution in [0.3, 0.4) is 0 Å². The van der Waals surface area contributed by atoms with Crippen molar-refractivity contribution in [3.8, 4) is 6.01 Å². The van der Waals surface area contributed by atoms with E-state index in [1.54, 1.807) is 17.8 Å². The molecule has 3 rings (SSSR count). The molecule has 1 aliphatic heterocycles. The lowest BCUT2D eigenvalue weighted by atomic mass is 10.1. The largest absolute Gasteiger partial charge is 0.465 e. The van der Waals surface area contributed by atoms with Crippen LogP contribution >= 0.6 is 27.3 Å². The second kappa shape index (κ2) is 7.99. The van der Waals surface area contributed by atoms with Crippen molar-refractivity contribution in [3.63, 3.8) is 0 Å². The first-order valence-electron chi connectivity index (χ1n) is 7.72. The van der Waals surface area contributed by atoms with Gasteiger partial charge in [0.25, 0.3) is 0 Å². The van der Waals surface area contributed by atoms with Crippen molar-refractivity contribution in [2.24, 2.45) is 0 Å². The molecule has 1 fully saturated rings. The normalized spacial score (nSPS) is 18.5. The number of nitrogens with zero attached hydrogens (tertiary/aromatic N) is 3. The molecule has 1 unspecified atom stereocenters. The molecule has 8 nitrogen and oxygen atoms in total. The van der Waals surface area contributed by atoms with Gasteiger partial charge >= 0.3 is 12.0 Å². The highest BCUT2D eigenvalue weighted by Crippen LogP contribution is 2.28. The molecule has 0 radical (unpaired) electrons. The molecule has 0 saturated carbocycles. The van der Waals surface area contributed by atoms with E-state index in [1.165, 1.54) is 17.5 Å². The second-order valence-electron chi connectivity index (χ2n) is 5.53. The van der Waals surface area contributed by atoms with Gasteiger partial charge in [0.1, 0.15) is 15.9 Å². The third-order valence-electron chi connectivity index (χ3n) is 3.83. The number of carbonyl (C=O) groups is 1. The summed E-state index contributed by atoms with van der Waals surface area (Å²) in [6.45, 7) is 0.526. The van der Waals surface area contributed by atoms with Gasteiger partial charge in [-0.3, -0.25) is 0 Å². The van der Waals surface area contributed by atoms with Crippen LogP contribution in [0.1, 0.15) is 22.5 Å². The van der Waals surface area contributed by atoms with Gasteiger partial charge in [-0.1, -0.05) is 0 Å². The van der Waals surface area contributed by atoms with Crippen molar-refractivity contribution in [1.29, 1.82) is 0 Å². The summed E-state index contributed by atoms with van der Waals surface area (Å²) in [4.78, 5) is 20.0. The number of hydrogen-bond acceptors (Lipinski definition) is 8. The maximum absolute atomic E-state index is 13.0. The predicted molar refractivity (Wildman–Crippen MR) is 97.8 cm³/mol. The maximum atomic E-state index is 13.0. The summed E-state index contributed by atoms with van der Waals surface area (Å²) in [5.74, 6) is -0.661. The highest BCUT2D eigenvalue weighted by Gasteiger charge is 2.34. The molecular weight excluding hydrogens is 446 g/mol. The van der Waals surface area contributed by atoms with E-state index in [1.807, 2.05) is 0 Å². The molecular formula is C15H16BrN3O5S2. The summed E-state index contributed by atoms with van der Waals surface area (Å²) in [5.41, 5.74) is 0. The van der Waals surface area contributed by atoms with Gasteiger partial charge in [-0.05, 0) is 40.2 Å². The van der Waals surface area contributed by atoms with Gasteiger partial charge in [0.15, 0.2) is 0 Å². The van der Waals surface area contributed by atoms with Crippen LogP contribution in [0.2, 0.25) is 0 Å². The molecule has 1 aliphatic rings. The Morgan fingerprint density at radius 2 is 2.12 bits per heavy atom. The molecule has 1 saturated heterocycles. The SMILES string of the molecule is COC(=O)c1sccc1S(=O)(=O)N1CCCC(Oc2ncc(Br)cn2)C1. The minimum atomic E-state index is -3.82. The van der Waals surface area contributed by atoms with Gasteiger partial charge in [-0.25, -0.2) is 23.2 Å². The smallest absolute Gasteiger partial charge is 0.349 e. The van der Waals surface area contributed by atoms with Gasteiger partial charge in [-0.15, -0.1) is 11.3 Å². The molecule has 0 aliphatic carbocycles. The van der Waals surface area contributed by atoms with Crippen LogP contribution in [0.5, 0.6) is 6.01 Å². The van der Waals surface area contributed by atoms with E-state index in [9.17, 15) is 13.2 Å². The molecule has 0 spiro atoms. The van der Waals surface area contributed by atoms with Gasteiger partial charge in [0, 0.05) is 18.9 Å². The molecule has 2 aromatic rings. The number of thiophene rings is 1. The summed E-state index contributed by atoms with van der Waals surface area (Å²) in [6.07, 6.45) is 4.10. The van der Waals surface area contributed by atoms with Crippen molar-refractivity contribution < 1.29 is 22.7 Å². The predicted octanol–water partition coefficient (Wildman–Crippen LogP) is 2.32. The van der Waals surface area contributed by atoms with E-state index < -0.39 is 16.0 Å². The number of hydrogen-bond donors (Lipinski definition) is 0. The number of piperidine rings is 1. The highest BCUT2D eigenvalue weighted by molar-refractivity contribution is 9.10. The maximum Gasteiger partial charge on any atom is 0.349 e. The van der Waals surface area contributed by atoms with Gasteiger partial charge in [0.05, 0.1) is 18.1 Å². The third-order valence-corrected chi connectivity index (χ3v) is 7.17. The molecule has 11 heteroatoms. The van der Waals surface area contributed by atoms with Crippen molar-refractivity contribution >= 4 is 43.3 Å². The van der Waals surface area contributed by atoms with E-state index in [4.69, 9.17) is 4.74 Å². The number of esters is 1. The Kier molecular flexibility index (Phi) is 5.90. The summed E-state index contributed by atoms with van der Waals surface area (Å²) in [7, 11) is -2.60. The monoisotopic (exact) mass is 461 g/mol. The number of halogens is 1. The summed E-state index contributed by atoms with van der Waals surface area (Å²) in [6, 6.07) is 1.62. The number of aromatic nitrogens is 2. The molecule has 0 bridgehead atoms. The van der Waals surface area contributed by atoms with Crippen LogP contribution in [0.4, 0.5) is 0 Å². The Balaban J connectivity index is 1.77. The Bertz CT molecular complexity index is 885. The van der Waals surface area contributed by atoms with Crippen LogP contribution in [0.15, 0.2) is 33.2 Å². The van der Waals surface area contributed by atoms with E-state index in [-0.39, 0.29) is 28.4 Å². The fraction of sp³-hybridized carbons (Fsp3) is 0.400. The van der Waals surface area contributed by atoms with Crippen LogP contribution in [-0.2, 0) is 14.8 Å². The fourth-order valence-electron chi connectivity index (χ4n) is 2.61. The van der Waals surface area contributed by atoms with E-state index >= 15 is 0 Å². The summed E-state index contributed by atoms with van der Waals surface area (Å²) >= 11 is 4.29. The van der Waals surface area contributed by atoms with Crippen LogP contribution in [-0.4, -0.2) is 55.0 Å². The van der Waals surface area contributed by atoms with Crippen LogP contribution in [0.25, 0.3) is 0 Å². The summed E-state index contributed by atoms with van der Waals surface area (Å²) in [5, 5.41) is 1.56. The van der Waals surface area contributed by atoms with Crippen molar-refractivity contribution in [3.05, 3.63) is 33.2 Å². The number of rotatable bonds is 5. The Labute approximate surface area is 163 Å². The zero-order valence-corrected chi connectivity index (χ0v) is 17.0. The summed E-state index contributed by atoms with van der Waals surface area (Å²) < 4.78 is 38.4. The number of methoxy groups -OCH3 is 1. The zero-order chi connectivity index (χ0) is 18.7. The quantitative estimate of drug-likeness (QED) is 0.629. The van der Waals surface area contributed by atoms with Gasteiger partial charge < -0.3 is 9.47 Å². The van der Waals surface area contributed by atoms with E-state index in [2.05, 4.69) is 30.6 Å². The highest BCUT2D eigenvalue weighted by atomic mass is 79.9. The Morgan fingerprint density at radius 3 is 2.81 bits per heavy atom. The number of ether oxygens (including phenoxy) is 2. The topological polar surface area (TPSA) is 98.7 Å². The lowest BCUT2D eigenvalue weighted by Crippen LogP contribution is -2.44. The zero-order valence-electron chi connectivity index (χ0n) is 13.8. The lowest BCUT2D eigenvalue weighted by Gasteiger charge is -2.31. The second-order valence-corrected chi connectivity index (χ2v) is 9.27.